The Morgan fingerprint density at radius 3 is 2.43 bits per heavy atom. The highest BCUT2D eigenvalue weighted by Crippen LogP contribution is 2.69. The molecule has 3 N–H and O–H groups in total. The average molecular weight is 721 g/mol. The molecule has 2 aliphatic carbocycles. The molecular formula is C36H48O15. The topological polar surface area (TPSA) is 215 Å². The molecule has 4 aliphatic rings. The van der Waals surface area contributed by atoms with Gasteiger partial charge in [0.25, 0.3) is 12.4 Å². The van der Waals surface area contributed by atoms with Crippen LogP contribution in [-0.4, -0.2) is 101 Å². The highest BCUT2D eigenvalue weighted by molar-refractivity contribution is 5.96. The fourth-order valence-electron chi connectivity index (χ4n) is 9.45. The zero-order chi connectivity index (χ0) is 37.9. The van der Waals surface area contributed by atoms with Gasteiger partial charge < -0.3 is 48.2 Å². The van der Waals surface area contributed by atoms with Gasteiger partial charge in [-0.2, -0.15) is 0 Å². The second-order valence-corrected chi connectivity index (χ2v) is 15.0. The number of hydrogen-bond donors (Lipinski definition) is 3. The van der Waals surface area contributed by atoms with Crippen molar-refractivity contribution in [1.29, 1.82) is 0 Å². The van der Waals surface area contributed by atoms with Gasteiger partial charge >= 0.3 is 17.9 Å². The Balaban J connectivity index is 1.82. The first kappa shape index (κ1) is 38.6. The maximum atomic E-state index is 14.4. The molecule has 13 atom stereocenters. The molecule has 0 radical (unpaired) electrons. The molecule has 1 aromatic heterocycles. The second kappa shape index (κ2) is 13.4. The number of carbonyl (C=O) groups excluding carboxylic acids is 5. The fraction of sp³-hybridized carbons (Fsp3) is 0.694. The van der Waals surface area contributed by atoms with Crippen LogP contribution >= 0.6 is 0 Å². The van der Waals surface area contributed by atoms with Crippen molar-refractivity contribution in [3.63, 3.8) is 0 Å². The molecule has 51 heavy (non-hydrogen) atoms. The lowest BCUT2D eigenvalue weighted by atomic mass is 9.46. The lowest BCUT2D eigenvalue weighted by Gasteiger charge is -2.61. The van der Waals surface area contributed by atoms with Crippen LogP contribution in [-0.2, 0) is 52.4 Å². The van der Waals surface area contributed by atoms with Crippen molar-refractivity contribution in [3.8, 4) is 0 Å². The highest BCUT2D eigenvalue weighted by atomic mass is 16.9. The molecule has 0 unspecified atom stereocenters. The summed E-state index contributed by atoms with van der Waals surface area (Å²) in [7, 11) is 1.17. The monoisotopic (exact) mass is 720 g/mol. The number of aliphatic hydroxyl groups is 3. The van der Waals surface area contributed by atoms with E-state index in [1.165, 1.54) is 26.6 Å². The summed E-state index contributed by atoms with van der Waals surface area (Å²) in [5.74, 6) is -9.67. The molecule has 3 heterocycles. The van der Waals surface area contributed by atoms with E-state index in [1.54, 1.807) is 33.8 Å². The Hall–Kier alpha value is -3.63. The molecule has 4 fully saturated rings. The van der Waals surface area contributed by atoms with E-state index in [1.807, 2.05) is 0 Å². The summed E-state index contributed by atoms with van der Waals surface area (Å²) < 4.78 is 40.0. The summed E-state index contributed by atoms with van der Waals surface area (Å²) in [6.07, 6.45) is -4.39. The predicted molar refractivity (Wildman–Crippen MR) is 172 cm³/mol. The number of esters is 3. The summed E-state index contributed by atoms with van der Waals surface area (Å²) in [5, 5.41) is 35.5. The number of furan rings is 1. The number of carbonyl (C=O) groups is 5. The Labute approximate surface area is 295 Å². The number of rotatable bonds is 11. The molecular weight excluding hydrogens is 672 g/mol. The lowest BCUT2D eigenvalue weighted by Crippen LogP contribution is -2.72. The van der Waals surface area contributed by atoms with Crippen LogP contribution in [0.5, 0.6) is 0 Å². The van der Waals surface area contributed by atoms with Gasteiger partial charge in [-0.15, -0.1) is 0 Å². The first-order valence-electron chi connectivity index (χ1n) is 17.0. The van der Waals surface area contributed by atoms with Gasteiger partial charge in [-0.1, -0.05) is 40.7 Å². The molecule has 2 bridgehead atoms. The maximum Gasteiger partial charge on any atom is 0.335 e. The molecule has 5 rings (SSSR count). The molecule has 0 aromatic carbocycles. The summed E-state index contributed by atoms with van der Waals surface area (Å²) in [6.45, 7) is 13.3. The van der Waals surface area contributed by atoms with E-state index in [4.69, 9.17) is 32.8 Å². The van der Waals surface area contributed by atoms with Gasteiger partial charge in [-0.25, -0.2) is 4.79 Å². The fourth-order valence-corrected chi connectivity index (χ4v) is 9.45. The summed E-state index contributed by atoms with van der Waals surface area (Å²) >= 11 is 0. The van der Waals surface area contributed by atoms with E-state index in [0.29, 0.717) is 12.0 Å². The lowest BCUT2D eigenvalue weighted by molar-refractivity contribution is -0.328. The molecule has 0 spiro atoms. The number of ketones is 1. The number of aliphatic hydroxyl groups excluding tert-OH is 1. The van der Waals surface area contributed by atoms with Crippen molar-refractivity contribution < 1.29 is 72.1 Å². The van der Waals surface area contributed by atoms with Crippen LogP contribution in [0.4, 0.5) is 0 Å². The molecule has 2 saturated heterocycles. The zero-order valence-corrected chi connectivity index (χ0v) is 29.9. The van der Waals surface area contributed by atoms with Gasteiger partial charge in [0.2, 0.25) is 0 Å². The third kappa shape index (κ3) is 5.81. The number of Topliss-reactive ketones (excluding diaryl/α,β-unsaturated/α-hetero) is 1. The van der Waals surface area contributed by atoms with Crippen molar-refractivity contribution in [1.82, 2.24) is 0 Å². The number of hydrogen-bond acceptors (Lipinski definition) is 15. The first-order valence-corrected chi connectivity index (χ1v) is 17.0. The molecule has 15 nitrogen and oxygen atoms in total. The highest BCUT2D eigenvalue weighted by Gasteiger charge is 2.78. The number of fused-ring (bicyclic) bond motifs is 3. The first-order chi connectivity index (χ1) is 23.8. The Kier molecular flexibility index (Phi) is 10.1. The van der Waals surface area contributed by atoms with E-state index in [2.05, 4.69) is 6.58 Å². The van der Waals surface area contributed by atoms with Gasteiger partial charge in [0.15, 0.2) is 17.5 Å². The van der Waals surface area contributed by atoms with Crippen LogP contribution in [0.2, 0.25) is 0 Å². The summed E-state index contributed by atoms with van der Waals surface area (Å²) in [5.41, 5.74) is -7.24. The summed E-state index contributed by atoms with van der Waals surface area (Å²) in [6, 6.07) is 1.59. The normalized spacial score (nSPS) is 41.5. The second-order valence-electron chi connectivity index (χ2n) is 15.0. The maximum absolute atomic E-state index is 14.4. The van der Waals surface area contributed by atoms with Gasteiger partial charge in [0.1, 0.15) is 18.3 Å². The third-order valence-corrected chi connectivity index (χ3v) is 12.4. The minimum Gasteiger partial charge on any atom is -0.472 e. The predicted octanol–water partition coefficient (Wildman–Crippen LogP) is 2.09. The van der Waals surface area contributed by atoms with Gasteiger partial charge in [-0.05, 0) is 30.0 Å². The van der Waals surface area contributed by atoms with E-state index < -0.39 is 113 Å². The van der Waals surface area contributed by atoms with Crippen molar-refractivity contribution in [2.24, 2.45) is 28.6 Å². The Bertz CT molecular complexity index is 1560. The van der Waals surface area contributed by atoms with Crippen LogP contribution < -0.4 is 0 Å². The van der Waals surface area contributed by atoms with E-state index in [-0.39, 0.29) is 25.1 Å². The van der Waals surface area contributed by atoms with E-state index >= 15 is 0 Å². The van der Waals surface area contributed by atoms with Crippen LogP contribution in [0.1, 0.15) is 78.7 Å². The largest absolute Gasteiger partial charge is 0.472 e. The minimum absolute atomic E-state index is 0.117. The van der Waals surface area contributed by atoms with Crippen molar-refractivity contribution in [2.75, 3.05) is 13.7 Å². The zero-order valence-electron chi connectivity index (χ0n) is 29.9. The molecule has 2 saturated carbocycles. The van der Waals surface area contributed by atoms with E-state index in [9.17, 15) is 39.3 Å². The Morgan fingerprint density at radius 2 is 1.86 bits per heavy atom. The van der Waals surface area contributed by atoms with E-state index in [0.717, 1.165) is 6.92 Å². The molecule has 0 amide bonds. The Morgan fingerprint density at radius 1 is 1.18 bits per heavy atom. The average Bonchev–Trinajstić information content (AvgIpc) is 3.76. The van der Waals surface area contributed by atoms with Crippen molar-refractivity contribution in [2.45, 2.75) is 115 Å². The van der Waals surface area contributed by atoms with Gasteiger partial charge in [0.05, 0.1) is 50.1 Å². The van der Waals surface area contributed by atoms with Crippen LogP contribution in [0, 0.1) is 28.6 Å². The SMILES string of the molecule is C=C1[C@@H]([C@@]2(C)[C@@H](OC(C)=O)C[C@]3(O)OC[C@@](C)(O3)[C@@H]2CC(=O)OC)[C@@H](OC=O)[C@H](OC(=O)[C@H](O)[C@H](C)CC)[C@@]2(C)[C@H](c3ccoc3)CC(=O)[C@]12O. The van der Waals surface area contributed by atoms with Crippen LogP contribution in [0.15, 0.2) is 35.2 Å². The van der Waals surface area contributed by atoms with Crippen LogP contribution in [0.25, 0.3) is 0 Å². The van der Waals surface area contributed by atoms with Gasteiger partial charge in [-0.3, -0.25) is 19.2 Å². The van der Waals surface area contributed by atoms with Crippen LogP contribution in [0.3, 0.4) is 0 Å². The number of methoxy groups -OCH3 is 1. The minimum atomic E-state index is -2.51. The van der Waals surface area contributed by atoms with Crippen molar-refractivity contribution >= 4 is 30.2 Å². The van der Waals surface area contributed by atoms with Gasteiger partial charge in [0, 0.05) is 36.5 Å². The third-order valence-electron chi connectivity index (χ3n) is 12.4. The number of ether oxygens (including phenoxy) is 6. The molecule has 1 aromatic rings. The smallest absolute Gasteiger partial charge is 0.335 e. The molecule has 2 aliphatic heterocycles. The quantitative estimate of drug-likeness (QED) is 0.129. The standard InChI is InChI=1S/C36H48O15/c1-9-18(2)28(41)31(42)50-30-29(47-17-37)27(19(3)36(44)24(39)12-22(34(30,36)7)21-10-11-46-15-21)33(6)23(13-26(40)45-8)32(5)16-48-35(43,51-32)14-25(33)49-20(4)38/h10-11,15,17-18,22-23,25,27-30,41,43-44H,3,9,12-14,16H2,1-2,4-8H3/t18-,22+,23+,25+,27-,28-,29-,30+,32-,33-,34-,35+,36-/m1/s1. The molecule has 15 heteroatoms. The van der Waals surface area contributed by atoms with Crippen molar-refractivity contribution in [3.05, 3.63) is 36.3 Å². The molecule has 282 valence electrons. The summed E-state index contributed by atoms with van der Waals surface area (Å²) in [4.78, 5) is 66.6.